The van der Waals surface area contributed by atoms with Crippen LogP contribution in [0.5, 0.6) is 0 Å². The molecule has 0 spiro atoms. The number of primary amides is 1. The van der Waals surface area contributed by atoms with E-state index < -0.39 is 5.91 Å². The minimum atomic E-state index is -0.682. The molecule has 0 bridgehead atoms. The molecule has 158 valence electrons. The van der Waals surface area contributed by atoms with Gasteiger partial charge in [0.25, 0.3) is 11.8 Å². The molecular formula is C21H27N7O2. The van der Waals surface area contributed by atoms with Gasteiger partial charge in [0.1, 0.15) is 5.82 Å². The molecule has 2 atom stereocenters. The van der Waals surface area contributed by atoms with Crippen LogP contribution in [-0.2, 0) is 0 Å². The first kappa shape index (κ1) is 20.1. The van der Waals surface area contributed by atoms with E-state index in [1.54, 1.807) is 29.2 Å². The average Bonchev–Trinajstić information content (AvgIpc) is 2.68. The number of rotatable bonds is 6. The second kappa shape index (κ2) is 8.66. The molecule has 6 N–H and O–H groups in total. The van der Waals surface area contributed by atoms with Crippen molar-refractivity contribution in [3.63, 3.8) is 0 Å². The van der Waals surface area contributed by atoms with Gasteiger partial charge in [-0.25, -0.2) is 9.97 Å². The van der Waals surface area contributed by atoms with E-state index in [0.717, 1.165) is 45.2 Å². The third-order valence-corrected chi connectivity index (χ3v) is 5.67. The molecule has 2 unspecified atom stereocenters. The normalized spacial score (nSPS) is 20.9. The summed E-state index contributed by atoms with van der Waals surface area (Å²) in [5, 5.41) is 6.43. The number of nitrogens with one attached hydrogen (secondary N) is 2. The zero-order valence-corrected chi connectivity index (χ0v) is 16.8. The molecule has 9 nitrogen and oxygen atoms in total. The van der Waals surface area contributed by atoms with E-state index >= 15 is 0 Å². The lowest BCUT2D eigenvalue weighted by molar-refractivity contribution is 0.0651. The number of carbonyl (C=O) groups excluding carboxylic acids is 2. The van der Waals surface area contributed by atoms with Gasteiger partial charge in [0.2, 0.25) is 0 Å². The molecule has 1 aliphatic heterocycles. The molecule has 4 rings (SSSR count). The molecule has 2 heterocycles. The second-order valence-electron chi connectivity index (χ2n) is 7.87. The van der Waals surface area contributed by atoms with Crippen molar-refractivity contribution in [1.82, 2.24) is 14.9 Å². The summed E-state index contributed by atoms with van der Waals surface area (Å²) in [6.45, 7) is 1.57. The summed E-state index contributed by atoms with van der Waals surface area (Å²) in [5.41, 5.74) is 12.9. The lowest BCUT2D eigenvalue weighted by atomic mass is 9.91. The van der Waals surface area contributed by atoms with Crippen molar-refractivity contribution >= 4 is 29.1 Å². The maximum Gasteiger partial charge on any atom is 0.271 e. The van der Waals surface area contributed by atoms with Crippen LogP contribution in [0.3, 0.4) is 0 Å². The molecule has 9 heteroatoms. The van der Waals surface area contributed by atoms with Gasteiger partial charge in [0.05, 0.1) is 6.20 Å². The zero-order chi connectivity index (χ0) is 21.1. The van der Waals surface area contributed by atoms with Crippen molar-refractivity contribution < 1.29 is 9.59 Å². The number of nitrogens with zero attached hydrogens (tertiary/aromatic N) is 3. The lowest BCUT2D eigenvalue weighted by Gasteiger charge is -2.31. The maximum atomic E-state index is 12.5. The molecular weight excluding hydrogens is 382 g/mol. The van der Waals surface area contributed by atoms with Crippen molar-refractivity contribution in [3.05, 3.63) is 41.7 Å². The van der Waals surface area contributed by atoms with E-state index in [9.17, 15) is 9.59 Å². The molecule has 1 saturated carbocycles. The topological polar surface area (TPSA) is 139 Å². The minimum Gasteiger partial charge on any atom is -0.364 e. The van der Waals surface area contributed by atoms with Gasteiger partial charge in [0, 0.05) is 36.4 Å². The van der Waals surface area contributed by atoms with Crippen LogP contribution in [0, 0.1) is 0 Å². The molecule has 1 aliphatic carbocycles. The number of amides is 2. The van der Waals surface area contributed by atoms with Crippen molar-refractivity contribution in [2.24, 2.45) is 11.5 Å². The van der Waals surface area contributed by atoms with Gasteiger partial charge in [-0.1, -0.05) is 18.9 Å². The molecule has 1 aromatic heterocycles. The van der Waals surface area contributed by atoms with E-state index in [-0.39, 0.29) is 29.5 Å². The Labute approximate surface area is 175 Å². The number of likely N-dealkylation sites (tertiary alicyclic amines) is 1. The highest BCUT2D eigenvalue weighted by Crippen LogP contribution is 2.24. The van der Waals surface area contributed by atoms with Crippen LogP contribution in [0.15, 0.2) is 30.5 Å². The number of carbonyl (C=O) groups is 2. The first-order valence-electron chi connectivity index (χ1n) is 10.4. The van der Waals surface area contributed by atoms with Gasteiger partial charge in [-0.2, -0.15) is 0 Å². The molecule has 2 aliphatic rings. The molecule has 30 heavy (non-hydrogen) atoms. The van der Waals surface area contributed by atoms with Crippen LogP contribution in [0.1, 0.15) is 53.0 Å². The molecule has 1 saturated heterocycles. The fraction of sp³-hybridized carbons (Fsp3) is 0.429. The Morgan fingerprint density at radius 2 is 1.93 bits per heavy atom. The van der Waals surface area contributed by atoms with Crippen molar-refractivity contribution in [3.8, 4) is 0 Å². The predicted octanol–water partition coefficient (Wildman–Crippen LogP) is 1.85. The minimum absolute atomic E-state index is 0.00666. The summed E-state index contributed by atoms with van der Waals surface area (Å²) >= 11 is 0. The highest BCUT2D eigenvalue weighted by atomic mass is 16.2. The summed E-state index contributed by atoms with van der Waals surface area (Å²) in [7, 11) is 0. The van der Waals surface area contributed by atoms with E-state index in [0.29, 0.717) is 17.1 Å². The van der Waals surface area contributed by atoms with Crippen LogP contribution >= 0.6 is 0 Å². The highest BCUT2D eigenvalue weighted by molar-refractivity contribution is 5.97. The predicted molar refractivity (Wildman–Crippen MR) is 115 cm³/mol. The number of benzene rings is 1. The Morgan fingerprint density at radius 1 is 1.13 bits per heavy atom. The molecule has 2 fully saturated rings. The van der Waals surface area contributed by atoms with E-state index in [1.165, 1.54) is 6.20 Å². The van der Waals surface area contributed by atoms with Crippen LogP contribution < -0.4 is 22.1 Å². The van der Waals surface area contributed by atoms with Crippen LogP contribution in [0.2, 0.25) is 0 Å². The first-order chi connectivity index (χ1) is 14.5. The third kappa shape index (κ3) is 4.35. The summed E-state index contributed by atoms with van der Waals surface area (Å²) in [6, 6.07) is 7.26. The first-order valence-corrected chi connectivity index (χ1v) is 10.4. The molecule has 0 radical (unpaired) electrons. The Balaban J connectivity index is 1.56. The smallest absolute Gasteiger partial charge is 0.271 e. The Morgan fingerprint density at radius 3 is 2.63 bits per heavy atom. The standard InChI is InChI=1S/C21H27N7O2/c22-15-7-1-2-8-16(15)26-17-12-24-18(19(23)29)20(27-17)25-14-6-3-5-13(11-14)21(30)28-9-4-10-28/h3,5-6,11-12,15-16H,1-2,4,7-10,22H2,(H2,23,29)(H2,25,26,27). The zero-order valence-electron chi connectivity index (χ0n) is 16.8. The van der Waals surface area contributed by atoms with Gasteiger partial charge >= 0.3 is 0 Å². The van der Waals surface area contributed by atoms with E-state index in [1.807, 2.05) is 0 Å². The number of nitrogens with two attached hydrogens (primary N) is 2. The fourth-order valence-electron chi connectivity index (χ4n) is 3.82. The van der Waals surface area contributed by atoms with Crippen LogP contribution in [-0.4, -0.2) is 51.9 Å². The van der Waals surface area contributed by atoms with Gasteiger partial charge in [-0.05, 0) is 37.5 Å². The maximum absolute atomic E-state index is 12.5. The number of hydrogen-bond donors (Lipinski definition) is 4. The summed E-state index contributed by atoms with van der Waals surface area (Å²) < 4.78 is 0. The number of hydrogen-bond acceptors (Lipinski definition) is 7. The average molecular weight is 409 g/mol. The van der Waals surface area contributed by atoms with Crippen molar-refractivity contribution in [2.45, 2.75) is 44.2 Å². The van der Waals surface area contributed by atoms with E-state index in [2.05, 4.69) is 20.6 Å². The van der Waals surface area contributed by atoms with Crippen molar-refractivity contribution in [2.75, 3.05) is 23.7 Å². The highest BCUT2D eigenvalue weighted by Gasteiger charge is 2.24. The lowest BCUT2D eigenvalue weighted by Crippen LogP contribution is -2.42. The number of anilines is 3. The van der Waals surface area contributed by atoms with Crippen LogP contribution in [0.25, 0.3) is 0 Å². The molecule has 2 amide bonds. The number of aromatic nitrogens is 2. The molecule has 2 aromatic rings. The summed E-state index contributed by atoms with van der Waals surface area (Å²) in [4.78, 5) is 34.9. The van der Waals surface area contributed by atoms with Crippen molar-refractivity contribution in [1.29, 1.82) is 0 Å². The second-order valence-corrected chi connectivity index (χ2v) is 7.87. The van der Waals surface area contributed by atoms with Gasteiger partial charge < -0.3 is 27.0 Å². The monoisotopic (exact) mass is 409 g/mol. The Hall–Kier alpha value is -3.20. The fourth-order valence-corrected chi connectivity index (χ4v) is 3.82. The third-order valence-electron chi connectivity index (χ3n) is 5.67. The Kier molecular flexibility index (Phi) is 5.80. The summed E-state index contributed by atoms with van der Waals surface area (Å²) in [6.07, 6.45) is 6.70. The van der Waals surface area contributed by atoms with E-state index in [4.69, 9.17) is 11.5 Å². The van der Waals surface area contributed by atoms with Gasteiger partial charge in [0.15, 0.2) is 11.5 Å². The molecule has 1 aromatic carbocycles. The Bertz CT molecular complexity index is 945. The summed E-state index contributed by atoms with van der Waals surface area (Å²) in [5.74, 6) is 0.0784. The SMILES string of the molecule is NC(=O)c1ncc(NC2CCCCC2N)nc1Nc1cccc(C(=O)N2CCC2)c1. The van der Waals surface area contributed by atoms with Gasteiger partial charge in [-0.3, -0.25) is 9.59 Å². The van der Waals surface area contributed by atoms with Gasteiger partial charge in [-0.15, -0.1) is 0 Å². The largest absolute Gasteiger partial charge is 0.364 e. The quantitative estimate of drug-likeness (QED) is 0.571. The van der Waals surface area contributed by atoms with Crippen LogP contribution in [0.4, 0.5) is 17.3 Å².